The number of hydrogen-bond donors (Lipinski definition) is 0. The first-order chi connectivity index (χ1) is 21.9. The van der Waals surface area contributed by atoms with Gasteiger partial charge in [-0.25, -0.2) is 13.7 Å². The highest BCUT2D eigenvalue weighted by Crippen LogP contribution is 2.32. The first kappa shape index (κ1) is 31.8. The van der Waals surface area contributed by atoms with Gasteiger partial charge in [-0.2, -0.15) is 15.3 Å². The molecule has 0 amide bonds. The highest BCUT2D eigenvalue weighted by molar-refractivity contribution is 5.75. The fraction of sp³-hybridized carbons (Fsp3) is 0.400. The quantitative estimate of drug-likeness (QED) is 0.140. The van der Waals surface area contributed by atoms with Crippen molar-refractivity contribution in [3.63, 3.8) is 0 Å². The molecule has 234 valence electrons. The van der Waals surface area contributed by atoms with Gasteiger partial charge in [-0.15, -0.1) is 6.58 Å². The standard InChI is InChI=1S/C35H38FN5O4/c1-4-9-31-29(19-24-14-13-23(20-30(24)36)28-12-8-7-11-25(28)21-37)33(42)40(35-38-22-39-41(31)35)26-15-17-27(18-16-26)45-32(10-5-2)34(43)44-6-3/h5,7-8,11-14,20,22,26-27,32H,2,4,6,9-10,15-19H2,1,3H3. The van der Waals surface area contributed by atoms with Crippen LogP contribution < -0.4 is 5.56 Å². The van der Waals surface area contributed by atoms with Gasteiger partial charge in [0.2, 0.25) is 5.78 Å². The molecule has 0 radical (unpaired) electrons. The third kappa shape index (κ3) is 6.74. The van der Waals surface area contributed by atoms with E-state index in [0.29, 0.717) is 72.1 Å². The van der Waals surface area contributed by atoms with Crippen molar-refractivity contribution < 1.29 is 18.7 Å². The summed E-state index contributed by atoms with van der Waals surface area (Å²) in [7, 11) is 0. The van der Waals surface area contributed by atoms with E-state index in [1.165, 1.54) is 12.4 Å². The second kappa shape index (κ2) is 14.4. The van der Waals surface area contributed by atoms with Crippen molar-refractivity contribution in [3.8, 4) is 17.2 Å². The summed E-state index contributed by atoms with van der Waals surface area (Å²) in [6.07, 6.45) is 6.64. The average molecular weight is 612 g/mol. The smallest absolute Gasteiger partial charge is 0.335 e. The molecule has 9 nitrogen and oxygen atoms in total. The minimum atomic E-state index is -0.704. The van der Waals surface area contributed by atoms with Crippen LogP contribution in [-0.4, -0.2) is 43.9 Å². The molecule has 0 N–H and O–H groups in total. The lowest BCUT2D eigenvalue weighted by molar-refractivity contribution is -0.161. The van der Waals surface area contributed by atoms with Crippen LogP contribution in [-0.2, 0) is 27.1 Å². The van der Waals surface area contributed by atoms with Crippen LogP contribution in [0.4, 0.5) is 4.39 Å². The molecule has 1 aliphatic carbocycles. The Balaban J connectivity index is 1.45. The van der Waals surface area contributed by atoms with E-state index in [2.05, 4.69) is 22.7 Å². The Kier molecular flexibility index (Phi) is 10.2. The highest BCUT2D eigenvalue weighted by atomic mass is 19.1. The molecule has 1 saturated carbocycles. The minimum Gasteiger partial charge on any atom is -0.464 e. The Morgan fingerprint density at radius 1 is 1.20 bits per heavy atom. The van der Waals surface area contributed by atoms with Gasteiger partial charge in [0, 0.05) is 24.4 Å². The summed E-state index contributed by atoms with van der Waals surface area (Å²) in [5.74, 6) is -0.371. The molecule has 2 heterocycles. The van der Waals surface area contributed by atoms with Crippen molar-refractivity contribution in [2.45, 2.75) is 83.5 Å². The summed E-state index contributed by atoms with van der Waals surface area (Å²) in [5.41, 5.74) is 3.13. The summed E-state index contributed by atoms with van der Waals surface area (Å²) < 4.78 is 30.4. The normalized spacial score (nSPS) is 17.1. The topological polar surface area (TPSA) is 112 Å². The van der Waals surface area contributed by atoms with Crippen molar-refractivity contribution in [3.05, 3.63) is 100 Å². The number of benzene rings is 2. The fourth-order valence-corrected chi connectivity index (χ4v) is 6.22. The molecule has 2 aromatic carbocycles. The number of nitriles is 1. The maximum absolute atomic E-state index is 15.6. The number of carbonyl (C=O) groups is 1. The molecule has 0 bridgehead atoms. The molecule has 0 aliphatic heterocycles. The summed E-state index contributed by atoms with van der Waals surface area (Å²) in [6.45, 7) is 7.80. The number of aromatic nitrogens is 4. The Morgan fingerprint density at radius 3 is 2.67 bits per heavy atom. The number of nitrogens with zero attached hydrogens (tertiary/aromatic N) is 5. The van der Waals surface area contributed by atoms with Gasteiger partial charge in [0.25, 0.3) is 5.56 Å². The Morgan fingerprint density at radius 2 is 1.98 bits per heavy atom. The second-order valence-corrected chi connectivity index (χ2v) is 11.3. The van der Waals surface area contributed by atoms with Crippen LogP contribution in [0, 0.1) is 17.1 Å². The lowest BCUT2D eigenvalue weighted by atomic mass is 9.92. The van der Waals surface area contributed by atoms with E-state index in [4.69, 9.17) is 9.47 Å². The number of halogens is 1. The van der Waals surface area contributed by atoms with E-state index in [-0.39, 0.29) is 30.7 Å². The van der Waals surface area contributed by atoms with E-state index < -0.39 is 17.9 Å². The van der Waals surface area contributed by atoms with Crippen molar-refractivity contribution >= 4 is 11.7 Å². The largest absolute Gasteiger partial charge is 0.464 e. The molecule has 1 fully saturated rings. The summed E-state index contributed by atoms with van der Waals surface area (Å²) in [6, 6.07) is 14.0. The predicted molar refractivity (Wildman–Crippen MR) is 168 cm³/mol. The van der Waals surface area contributed by atoms with Gasteiger partial charge in [-0.05, 0) is 67.9 Å². The van der Waals surface area contributed by atoms with Gasteiger partial charge < -0.3 is 9.47 Å². The zero-order valence-corrected chi connectivity index (χ0v) is 25.7. The highest BCUT2D eigenvalue weighted by Gasteiger charge is 2.31. The summed E-state index contributed by atoms with van der Waals surface area (Å²) >= 11 is 0. The molecule has 2 aromatic heterocycles. The van der Waals surface area contributed by atoms with Gasteiger partial charge in [0.05, 0.1) is 30.0 Å². The number of carbonyl (C=O) groups excluding carboxylic acids is 1. The van der Waals surface area contributed by atoms with Crippen molar-refractivity contribution in [1.82, 2.24) is 19.2 Å². The van der Waals surface area contributed by atoms with Crippen LogP contribution in [0.5, 0.6) is 0 Å². The van der Waals surface area contributed by atoms with Crippen LogP contribution in [0.2, 0.25) is 0 Å². The zero-order chi connectivity index (χ0) is 31.9. The molecular formula is C35H38FN5O4. The number of ether oxygens (including phenoxy) is 2. The molecular weight excluding hydrogens is 573 g/mol. The Bertz CT molecular complexity index is 1780. The molecule has 1 aliphatic rings. The zero-order valence-electron chi connectivity index (χ0n) is 25.7. The van der Waals surface area contributed by atoms with E-state index in [9.17, 15) is 14.9 Å². The molecule has 0 saturated heterocycles. The van der Waals surface area contributed by atoms with Crippen LogP contribution >= 0.6 is 0 Å². The fourth-order valence-electron chi connectivity index (χ4n) is 6.22. The maximum Gasteiger partial charge on any atom is 0.335 e. The monoisotopic (exact) mass is 611 g/mol. The molecule has 5 rings (SSSR count). The van der Waals surface area contributed by atoms with Gasteiger partial charge in [0.1, 0.15) is 12.1 Å². The van der Waals surface area contributed by atoms with Crippen LogP contribution in [0.1, 0.15) is 80.8 Å². The van der Waals surface area contributed by atoms with Gasteiger partial charge in [0.15, 0.2) is 6.10 Å². The van der Waals surface area contributed by atoms with Crippen LogP contribution in [0.15, 0.2) is 66.2 Å². The Hall–Kier alpha value is -4.62. The number of fused-ring (bicyclic) bond motifs is 1. The first-order valence-corrected chi connectivity index (χ1v) is 15.6. The van der Waals surface area contributed by atoms with Gasteiger partial charge >= 0.3 is 5.97 Å². The van der Waals surface area contributed by atoms with E-state index >= 15 is 4.39 Å². The SMILES string of the molecule is C=CCC(OC1CCC(n2c(=O)c(Cc3ccc(-c4ccccc4C#N)cc3F)c(CCC)n3ncnc23)CC1)C(=O)OCC. The number of aryl methyl sites for hydroxylation is 1. The maximum atomic E-state index is 15.6. The predicted octanol–water partition coefficient (Wildman–Crippen LogP) is 6.12. The molecule has 10 heteroatoms. The van der Waals surface area contributed by atoms with E-state index in [0.717, 1.165) is 12.1 Å². The second-order valence-electron chi connectivity index (χ2n) is 11.3. The lowest BCUT2D eigenvalue weighted by Gasteiger charge is -2.32. The molecule has 1 atom stereocenters. The van der Waals surface area contributed by atoms with Crippen molar-refractivity contribution in [2.24, 2.45) is 0 Å². The number of esters is 1. The van der Waals surface area contributed by atoms with Crippen LogP contribution in [0.25, 0.3) is 16.9 Å². The molecule has 1 unspecified atom stereocenters. The summed E-state index contributed by atoms with van der Waals surface area (Å²) in [5, 5.41) is 14.0. The number of rotatable bonds is 12. The molecule has 0 spiro atoms. The van der Waals surface area contributed by atoms with E-state index in [1.807, 2.05) is 13.0 Å². The first-order valence-electron chi connectivity index (χ1n) is 15.6. The molecule has 45 heavy (non-hydrogen) atoms. The summed E-state index contributed by atoms with van der Waals surface area (Å²) in [4.78, 5) is 31.1. The van der Waals surface area contributed by atoms with Crippen molar-refractivity contribution in [1.29, 1.82) is 5.26 Å². The average Bonchev–Trinajstić information content (AvgIpc) is 3.53. The van der Waals surface area contributed by atoms with Crippen molar-refractivity contribution in [2.75, 3.05) is 6.61 Å². The minimum absolute atomic E-state index is 0.0945. The number of hydrogen-bond acceptors (Lipinski definition) is 7. The third-order valence-corrected chi connectivity index (χ3v) is 8.39. The van der Waals surface area contributed by atoms with Gasteiger partial charge in [-0.3, -0.25) is 9.36 Å². The van der Waals surface area contributed by atoms with Gasteiger partial charge in [-0.1, -0.05) is 49.8 Å². The lowest BCUT2D eigenvalue weighted by Crippen LogP contribution is -2.37. The third-order valence-electron chi connectivity index (χ3n) is 8.39. The van der Waals surface area contributed by atoms with E-state index in [1.54, 1.807) is 52.4 Å². The van der Waals surface area contributed by atoms with Crippen LogP contribution in [0.3, 0.4) is 0 Å². The molecule has 4 aromatic rings. The Labute approximate surface area is 261 Å².